The van der Waals surface area contributed by atoms with Crippen molar-refractivity contribution in [3.8, 4) is 0 Å². The standard InChI is InChI=1S/C24H30O7/c1-23(2)30-21-22(31-23)29-20(19(26)13-25)24(21,28-15-18-11-7-4-8-12-18)16-27-14-17-9-5-3-6-10-17/h3-12,19-22,25-26H,13-16H2,1-2H3/t19-,20-,21+,22-,24-/m1/s1. The van der Waals surface area contributed by atoms with E-state index in [4.69, 9.17) is 23.7 Å². The molecule has 0 aliphatic carbocycles. The molecular formula is C24H30O7. The Hall–Kier alpha value is -1.84. The molecule has 2 N–H and O–H groups in total. The van der Waals surface area contributed by atoms with E-state index in [2.05, 4.69) is 0 Å². The molecule has 31 heavy (non-hydrogen) atoms. The molecular weight excluding hydrogens is 400 g/mol. The van der Waals surface area contributed by atoms with E-state index in [-0.39, 0.29) is 13.2 Å². The highest BCUT2D eigenvalue weighted by atomic mass is 16.8. The number of aliphatic hydroxyl groups excluding tert-OH is 2. The lowest BCUT2D eigenvalue weighted by Gasteiger charge is -2.39. The lowest BCUT2D eigenvalue weighted by Crippen LogP contribution is -2.58. The summed E-state index contributed by atoms with van der Waals surface area (Å²) in [6.45, 7) is 3.85. The second-order valence-corrected chi connectivity index (χ2v) is 8.44. The molecule has 2 saturated heterocycles. The van der Waals surface area contributed by atoms with E-state index in [1.807, 2.05) is 60.7 Å². The van der Waals surface area contributed by atoms with Crippen LogP contribution in [0.3, 0.4) is 0 Å². The monoisotopic (exact) mass is 430 g/mol. The van der Waals surface area contributed by atoms with Gasteiger partial charge in [0.25, 0.3) is 0 Å². The molecule has 168 valence electrons. The molecule has 0 saturated carbocycles. The van der Waals surface area contributed by atoms with Gasteiger partial charge >= 0.3 is 0 Å². The largest absolute Gasteiger partial charge is 0.394 e. The first-order chi connectivity index (χ1) is 14.9. The molecule has 7 heteroatoms. The molecule has 0 unspecified atom stereocenters. The number of benzene rings is 2. The molecule has 0 amide bonds. The van der Waals surface area contributed by atoms with Gasteiger partial charge in [0.15, 0.2) is 17.7 Å². The fourth-order valence-corrected chi connectivity index (χ4v) is 4.16. The molecule has 0 aromatic heterocycles. The van der Waals surface area contributed by atoms with Gasteiger partial charge in [-0.3, -0.25) is 0 Å². The van der Waals surface area contributed by atoms with Crippen LogP contribution in [-0.4, -0.2) is 59.4 Å². The molecule has 0 spiro atoms. The summed E-state index contributed by atoms with van der Waals surface area (Å²) in [6, 6.07) is 19.5. The van der Waals surface area contributed by atoms with Crippen LogP contribution in [0.25, 0.3) is 0 Å². The Kier molecular flexibility index (Phi) is 6.74. The topological polar surface area (TPSA) is 86.6 Å². The van der Waals surface area contributed by atoms with Gasteiger partial charge < -0.3 is 33.9 Å². The van der Waals surface area contributed by atoms with Crippen LogP contribution in [0.4, 0.5) is 0 Å². The van der Waals surface area contributed by atoms with Gasteiger partial charge in [-0.2, -0.15) is 0 Å². The van der Waals surface area contributed by atoms with Crippen molar-refractivity contribution in [2.75, 3.05) is 13.2 Å². The van der Waals surface area contributed by atoms with Gasteiger partial charge in [-0.1, -0.05) is 60.7 Å². The number of hydrogen-bond donors (Lipinski definition) is 2. The van der Waals surface area contributed by atoms with E-state index >= 15 is 0 Å². The van der Waals surface area contributed by atoms with Gasteiger partial charge in [0.05, 0.1) is 26.4 Å². The van der Waals surface area contributed by atoms with Crippen molar-refractivity contribution in [3.05, 3.63) is 71.8 Å². The van der Waals surface area contributed by atoms with Crippen molar-refractivity contribution < 1.29 is 33.9 Å². The maximum Gasteiger partial charge on any atom is 0.190 e. The second-order valence-electron chi connectivity index (χ2n) is 8.44. The minimum Gasteiger partial charge on any atom is -0.394 e. The van der Waals surface area contributed by atoms with Crippen molar-refractivity contribution in [1.29, 1.82) is 0 Å². The molecule has 2 aliphatic rings. The quantitative estimate of drug-likeness (QED) is 0.632. The average Bonchev–Trinajstić information content (AvgIpc) is 3.24. The molecule has 0 radical (unpaired) electrons. The molecule has 7 nitrogen and oxygen atoms in total. The Bertz CT molecular complexity index is 828. The van der Waals surface area contributed by atoms with Crippen LogP contribution in [0.15, 0.2) is 60.7 Å². The Balaban J connectivity index is 1.60. The Morgan fingerprint density at radius 1 is 0.935 bits per heavy atom. The highest BCUT2D eigenvalue weighted by molar-refractivity contribution is 5.16. The Morgan fingerprint density at radius 3 is 2.16 bits per heavy atom. The van der Waals surface area contributed by atoms with Crippen molar-refractivity contribution in [1.82, 2.24) is 0 Å². The molecule has 0 bridgehead atoms. The zero-order valence-electron chi connectivity index (χ0n) is 17.8. The molecule has 2 fully saturated rings. The van der Waals surface area contributed by atoms with E-state index < -0.39 is 42.6 Å². The first-order valence-electron chi connectivity index (χ1n) is 10.5. The smallest absolute Gasteiger partial charge is 0.190 e. The van der Waals surface area contributed by atoms with Crippen LogP contribution in [0.5, 0.6) is 0 Å². The highest BCUT2D eigenvalue weighted by Crippen LogP contribution is 2.46. The molecule has 2 aromatic rings. The Labute approximate surface area is 182 Å². The third-order valence-corrected chi connectivity index (χ3v) is 5.63. The maximum absolute atomic E-state index is 10.6. The molecule has 5 atom stereocenters. The number of hydrogen-bond acceptors (Lipinski definition) is 7. The highest BCUT2D eigenvalue weighted by Gasteiger charge is 2.66. The molecule has 4 rings (SSSR count). The number of aliphatic hydroxyl groups is 2. The van der Waals surface area contributed by atoms with E-state index in [1.165, 1.54) is 0 Å². The predicted octanol–water partition coefficient (Wildman–Crippen LogP) is 2.39. The summed E-state index contributed by atoms with van der Waals surface area (Å²) >= 11 is 0. The fourth-order valence-electron chi connectivity index (χ4n) is 4.16. The van der Waals surface area contributed by atoms with Gasteiger partial charge in [-0.25, -0.2) is 0 Å². The lowest BCUT2D eigenvalue weighted by atomic mass is 9.89. The van der Waals surface area contributed by atoms with Gasteiger partial charge in [0, 0.05) is 0 Å². The van der Waals surface area contributed by atoms with Crippen LogP contribution < -0.4 is 0 Å². The van der Waals surface area contributed by atoms with Gasteiger partial charge in [0.1, 0.15) is 18.3 Å². The van der Waals surface area contributed by atoms with Crippen molar-refractivity contribution in [2.45, 2.75) is 63.1 Å². The summed E-state index contributed by atoms with van der Waals surface area (Å²) in [6.07, 6.45) is -3.44. The average molecular weight is 430 g/mol. The molecule has 2 heterocycles. The van der Waals surface area contributed by atoms with Crippen LogP contribution in [-0.2, 0) is 36.9 Å². The summed E-state index contributed by atoms with van der Waals surface area (Å²) in [4.78, 5) is 0. The van der Waals surface area contributed by atoms with Crippen LogP contribution in [0.2, 0.25) is 0 Å². The number of fused-ring (bicyclic) bond motifs is 1. The minimum atomic E-state index is -1.18. The maximum atomic E-state index is 10.6. The lowest BCUT2D eigenvalue weighted by molar-refractivity contribution is -0.262. The summed E-state index contributed by atoms with van der Waals surface area (Å²) in [5.41, 5.74) is 0.800. The number of ether oxygens (including phenoxy) is 5. The number of rotatable bonds is 9. The van der Waals surface area contributed by atoms with E-state index in [0.29, 0.717) is 6.61 Å². The minimum absolute atomic E-state index is 0.0943. The van der Waals surface area contributed by atoms with Crippen molar-refractivity contribution >= 4 is 0 Å². The second kappa shape index (κ2) is 9.34. The predicted molar refractivity (Wildman–Crippen MR) is 112 cm³/mol. The Morgan fingerprint density at radius 2 is 1.55 bits per heavy atom. The van der Waals surface area contributed by atoms with E-state index in [1.54, 1.807) is 13.8 Å². The zero-order valence-corrected chi connectivity index (χ0v) is 17.8. The molecule has 2 aliphatic heterocycles. The van der Waals surface area contributed by atoms with Gasteiger partial charge in [-0.05, 0) is 25.0 Å². The summed E-state index contributed by atoms with van der Waals surface area (Å²) in [7, 11) is 0. The van der Waals surface area contributed by atoms with Crippen molar-refractivity contribution in [2.24, 2.45) is 0 Å². The van der Waals surface area contributed by atoms with Crippen LogP contribution in [0.1, 0.15) is 25.0 Å². The first kappa shape index (κ1) is 22.4. The van der Waals surface area contributed by atoms with Crippen LogP contribution >= 0.6 is 0 Å². The SMILES string of the molecule is CC1(C)O[C@H]2O[C@H]([C@H](O)CO)[C@@](COCc3ccccc3)(OCc3ccccc3)[C@H]2O1. The zero-order chi connectivity index (χ0) is 21.9. The normalized spacial score (nSPS) is 30.3. The van der Waals surface area contributed by atoms with E-state index in [0.717, 1.165) is 11.1 Å². The summed E-state index contributed by atoms with van der Waals surface area (Å²) in [5, 5.41) is 20.2. The first-order valence-corrected chi connectivity index (χ1v) is 10.5. The third kappa shape index (κ3) is 4.83. The molecule has 2 aromatic carbocycles. The third-order valence-electron chi connectivity index (χ3n) is 5.63. The fraction of sp³-hybridized carbons (Fsp3) is 0.500. The van der Waals surface area contributed by atoms with E-state index in [9.17, 15) is 10.2 Å². The van der Waals surface area contributed by atoms with Gasteiger partial charge in [-0.15, -0.1) is 0 Å². The van der Waals surface area contributed by atoms with Crippen LogP contribution in [0, 0.1) is 0 Å². The summed E-state index contributed by atoms with van der Waals surface area (Å²) in [5.74, 6) is -0.870. The van der Waals surface area contributed by atoms with Crippen molar-refractivity contribution in [3.63, 3.8) is 0 Å². The van der Waals surface area contributed by atoms with Gasteiger partial charge in [0.2, 0.25) is 0 Å². The summed E-state index contributed by atoms with van der Waals surface area (Å²) < 4.78 is 30.6.